The number of hydrogen-bond acceptors (Lipinski definition) is 1. The Bertz CT molecular complexity index is 239. The van der Waals surface area contributed by atoms with Crippen molar-refractivity contribution >= 4 is 5.91 Å². The van der Waals surface area contributed by atoms with Crippen molar-refractivity contribution in [3.63, 3.8) is 0 Å². The second-order valence-electron chi connectivity index (χ2n) is 4.16. The van der Waals surface area contributed by atoms with E-state index in [1.165, 1.54) is 0 Å². The van der Waals surface area contributed by atoms with E-state index in [0.717, 1.165) is 24.2 Å². The largest absolute Gasteiger partial charge is 0.471 e. The van der Waals surface area contributed by atoms with Gasteiger partial charge in [0.2, 0.25) is 0 Å². The molecule has 1 saturated carbocycles. The molecule has 0 aromatic rings. The van der Waals surface area contributed by atoms with Crippen molar-refractivity contribution in [2.24, 2.45) is 11.8 Å². The van der Waals surface area contributed by atoms with Crippen LogP contribution in [0.25, 0.3) is 0 Å². The average Bonchev–Trinajstić information content (AvgIpc) is 2.58. The van der Waals surface area contributed by atoms with Crippen LogP contribution in [0.15, 0.2) is 0 Å². The fraction of sp³-hybridized carbons (Fsp3) is 0.889. The Balaban J connectivity index is 1.99. The third-order valence-corrected chi connectivity index (χ3v) is 3.26. The highest BCUT2D eigenvalue weighted by Gasteiger charge is 2.47. The first-order valence-corrected chi connectivity index (χ1v) is 4.84. The van der Waals surface area contributed by atoms with Crippen LogP contribution in [0.3, 0.4) is 0 Å². The van der Waals surface area contributed by atoms with Gasteiger partial charge in [0.1, 0.15) is 0 Å². The predicted molar refractivity (Wildman–Crippen MR) is 43.5 cm³/mol. The van der Waals surface area contributed by atoms with Crippen LogP contribution in [0, 0.1) is 11.8 Å². The molecule has 2 aliphatic rings. The molecule has 80 valence electrons. The zero-order valence-corrected chi connectivity index (χ0v) is 7.68. The highest BCUT2D eigenvalue weighted by atomic mass is 19.4. The molecule has 1 heterocycles. The second-order valence-corrected chi connectivity index (χ2v) is 4.16. The lowest BCUT2D eigenvalue weighted by molar-refractivity contribution is -0.184. The zero-order chi connectivity index (χ0) is 10.3. The summed E-state index contributed by atoms with van der Waals surface area (Å²) in [7, 11) is 0. The summed E-state index contributed by atoms with van der Waals surface area (Å²) in [6, 6.07) is 0. The van der Waals surface area contributed by atoms with Crippen LogP contribution in [0.5, 0.6) is 0 Å². The van der Waals surface area contributed by atoms with Crippen LogP contribution in [-0.4, -0.2) is 30.1 Å². The molecule has 0 aromatic carbocycles. The summed E-state index contributed by atoms with van der Waals surface area (Å²) in [6.45, 7) is 0.617. The lowest BCUT2D eigenvalue weighted by Gasteiger charge is -2.18. The summed E-state index contributed by atoms with van der Waals surface area (Å²) in [5.74, 6) is -1.02. The van der Waals surface area contributed by atoms with Crippen molar-refractivity contribution in [3.8, 4) is 0 Å². The molecule has 2 atom stereocenters. The van der Waals surface area contributed by atoms with Gasteiger partial charge in [-0.3, -0.25) is 4.79 Å². The standard InChI is InChI=1S/C9H12F3NO/c10-9(11,12)8(14)13-4-6-2-1-3-7(6)5-13/h6-7H,1-5H2. The number of likely N-dealkylation sites (tertiary alicyclic amines) is 1. The number of alkyl halides is 3. The topological polar surface area (TPSA) is 20.3 Å². The van der Waals surface area contributed by atoms with E-state index in [9.17, 15) is 18.0 Å². The van der Waals surface area contributed by atoms with Gasteiger partial charge in [0, 0.05) is 13.1 Å². The summed E-state index contributed by atoms with van der Waals surface area (Å²) in [5, 5.41) is 0. The van der Waals surface area contributed by atoms with E-state index in [1.54, 1.807) is 0 Å². The molecule has 2 nitrogen and oxygen atoms in total. The average molecular weight is 207 g/mol. The molecule has 1 saturated heterocycles. The highest BCUT2D eigenvalue weighted by Crippen LogP contribution is 2.38. The molecule has 14 heavy (non-hydrogen) atoms. The van der Waals surface area contributed by atoms with Gasteiger partial charge in [-0.2, -0.15) is 13.2 Å². The number of carbonyl (C=O) groups is 1. The summed E-state index contributed by atoms with van der Waals surface area (Å²) in [6.07, 6.45) is -1.64. The summed E-state index contributed by atoms with van der Waals surface area (Å²) < 4.78 is 36.3. The molecule has 2 fully saturated rings. The third-order valence-electron chi connectivity index (χ3n) is 3.26. The Morgan fingerprint density at radius 3 is 2.07 bits per heavy atom. The molecule has 1 amide bonds. The first kappa shape index (κ1) is 9.80. The Morgan fingerprint density at radius 2 is 1.64 bits per heavy atom. The Morgan fingerprint density at radius 1 is 1.14 bits per heavy atom. The maximum Gasteiger partial charge on any atom is 0.471 e. The summed E-state index contributed by atoms with van der Waals surface area (Å²) in [5.41, 5.74) is 0. The quantitative estimate of drug-likeness (QED) is 0.593. The number of hydrogen-bond donors (Lipinski definition) is 0. The number of nitrogens with zero attached hydrogens (tertiary/aromatic N) is 1. The van der Waals surface area contributed by atoms with E-state index in [-0.39, 0.29) is 0 Å². The van der Waals surface area contributed by atoms with Crippen molar-refractivity contribution in [3.05, 3.63) is 0 Å². The number of carbonyl (C=O) groups excluding carboxylic acids is 1. The molecule has 0 radical (unpaired) electrons. The van der Waals surface area contributed by atoms with Crippen molar-refractivity contribution in [1.29, 1.82) is 0 Å². The van der Waals surface area contributed by atoms with Gasteiger partial charge in [-0.15, -0.1) is 0 Å². The molecule has 0 bridgehead atoms. The van der Waals surface area contributed by atoms with Gasteiger partial charge < -0.3 is 4.90 Å². The predicted octanol–water partition coefficient (Wildman–Crippen LogP) is 1.81. The maximum atomic E-state index is 12.1. The minimum Gasteiger partial charge on any atom is -0.334 e. The van der Waals surface area contributed by atoms with E-state index in [2.05, 4.69) is 0 Å². The zero-order valence-electron chi connectivity index (χ0n) is 7.68. The molecule has 5 heteroatoms. The monoisotopic (exact) mass is 207 g/mol. The van der Waals surface area contributed by atoms with Gasteiger partial charge in [-0.1, -0.05) is 6.42 Å². The fourth-order valence-electron chi connectivity index (χ4n) is 2.58. The third kappa shape index (κ3) is 1.60. The fourth-order valence-corrected chi connectivity index (χ4v) is 2.58. The van der Waals surface area contributed by atoms with Gasteiger partial charge in [-0.25, -0.2) is 0 Å². The number of halogens is 3. The van der Waals surface area contributed by atoms with Crippen LogP contribution in [-0.2, 0) is 4.79 Å². The molecule has 2 unspecified atom stereocenters. The van der Waals surface area contributed by atoms with Crippen molar-refractivity contribution in [2.75, 3.05) is 13.1 Å². The van der Waals surface area contributed by atoms with Crippen LogP contribution in [0.2, 0.25) is 0 Å². The Labute approximate surface area is 80.1 Å². The first-order valence-electron chi connectivity index (χ1n) is 4.84. The van der Waals surface area contributed by atoms with Crippen molar-refractivity contribution < 1.29 is 18.0 Å². The lowest BCUT2D eigenvalue weighted by Crippen LogP contribution is -2.40. The van der Waals surface area contributed by atoms with Gasteiger partial charge in [0.05, 0.1) is 0 Å². The highest BCUT2D eigenvalue weighted by molar-refractivity contribution is 5.82. The van der Waals surface area contributed by atoms with E-state index in [0.29, 0.717) is 24.9 Å². The lowest BCUT2D eigenvalue weighted by atomic mass is 10.0. The van der Waals surface area contributed by atoms with Crippen molar-refractivity contribution in [1.82, 2.24) is 4.90 Å². The van der Waals surface area contributed by atoms with Crippen LogP contribution in [0.1, 0.15) is 19.3 Å². The molecule has 1 aliphatic carbocycles. The smallest absolute Gasteiger partial charge is 0.334 e. The van der Waals surface area contributed by atoms with E-state index >= 15 is 0 Å². The number of amides is 1. The maximum absolute atomic E-state index is 12.1. The summed E-state index contributed by atoms with van der Waals surface area (Å²) in [4.78, 5) is 11.9. The Hall–Kier alpha value is -0.740. The molecular weight excluding hydrogens is 195 g/mol. The van der Waals surface area contributed by atoms with E-state index in [1.807, 2.05) is 0 Å². The van der Waals surface area contributed by atoms with Gasteiger partial charge >= 0.3 is 12.1 Å². The van der Waals surface area contributed by atoms with Gasteiger partial charge in [-0.05, 0) is 24.7 Å². The number of fused-ring (bicyclic) bond motifs is 1. The minimum absolute atomic E-state index is 0.309. The van der Waals surface area contributed by atoms with Crippen molar-refractivity contribution in [2.45, 2.75) is 25.4 Å². The normalized spacial score (nSPS) is 32.1. The molecule has 0 spiro atoms. The van der Waals surface area contributed by atoms with Crippen LogP contribution < -0.4 is 0 Å². The van der Waals surface area contributed by atoms with Gasteiger partial charge in [0.15, 0.2) is 0 Å². The van der Waals surface area contributed by atoms with Gasteiger partial charge in [0.25, 0.3) is 0 Å². The van der Waals surface area contributed by atoms with E-state index in [4.69, 9.17) is 0 Å². The number of rotatable bonds is 0. The Kier molecular flexibility index (Phi) is 2.20. The molecular formula is C9H12F3NO. The molecule has 0 N–H and O–H groups in total. The molecule has 1 aliphatic heterocycles. The first-order chi connectivity index (χ1) is 6.48. The second kappa shape index (κ2) is 3.14. The van der Waals surface area contributed by atoms with Crippen LogP contribution >= 0.6 is 0 Å². The van der Waals surface area contributed by atoms with Crippen LogP contribution in [0.4, 0.5) is 13.2 Å². The minimum atomic E-state index is -4.70. The van der Waals surface area contributed by atoms with E-state index < -0.39 is 12.1 Å². The SMILES string of the molecule is O=C(N1CC2CCCC2C1)C(F)(F)F. The summed E-state index contributed by atoms with van der Waals surface area (Å²) >= 11 is 0. The molecule has 0 aromatic heterocycles. The molecule has 2 rings (SSSR count).